The molecule has 0 saturated carbocycles. The fraction of sp³-hybridized carbons (Fsp3) is 1.00. The number of rotatable bonds is 0. The maximum absolute atomic E-state index is 12.2. The minimum atomic E-state index is -3.98. The van der Waals surface area contributed by atoms with Crippen molar-refractivity contribution < 1.29 is 13.2 Å². The largest absolute Gasteiger partial charge is 0.393 e. The van der Waals surface area contributed by atoms with Crippen molar-refractivity contribution in [3.8, 4) is 0 Å². The third-order valence-corrected chi connectivity index (χ3v) is 2.72. The lowest BCUT2D eigenvalue weighted by Crippen LogP contribution is -2.33. The molecule has 2 aliphatic heterocycles. The SMILES string of the molecule is FC(F)(F)C1CC2CCC1N2. The van der Waals surface area contributed by atoms with Gasteiger partial charge in [0.25, 0.3) is 0 Å². The Morgan fingerprint density at radius 2 is 1.91 bits per heavy atom. The lowest BCUT2D eigenvalue weighted by Gasteiger charge is -2.22. The first-order chi connectivity index (χ1) is 5.07. The highest BCUT2D eigenvalue weighted by Crippen LogP contribution is 2.42. The summed E-state index contributed by atoms with van der Waals surface area (Å²) in [5, 5.41) is 2.96. The molecule has 0 radical (unpaired) electrons. The Bertz CT molecular complexity index is 166. The van der Waals surface area contributed by atoms with Crippen molar-refractivity contribution in [2.24, 2.45) is 5.92 Å². The Morgan fingerprint density at radius 3 is 2.18 bits per heavy atom. The van der Waals surface area contributed by atoms with Gasteiger partial charge < -0.3 is 5.32 Å². The van der Waals surface area contributed by atoms with E-state index in [9.17, 15) is 13.2 Å². The average molecular weight is 165 g/mol. The Labute approximate surface area is 63.0 Å². The summed E-state index contributed by atoms with van der Waals surface area (Å²) >= 11 is 0. The van der Waals surface area contributed by atoms with Crippen LogP contribution in [-0.2, 0) is 0 Å². The molecule has 11 heavy (non-hydrogen) atoms. The monoisotopic (exact) mass is 165 g/mol. The van der Waals surface area contributed by atoms with Crippen molar-refractivity contribution in [2.75, 3.05) is 0 Å². The van der Waals surface area contributed by atoms with Crippen LogP contribution in [0.4, 0.5) is 13.2 Å². The van der Waals surface area contributed by atoms with E-state index in [1.54, 1.807) is 0 Å². The summed E-state index contributed by atoms with van der Waals surface area (Å²) in [5.41, 5.74) is 0. The molecule has 2 rings (SSSR count). The summed E-state index contributed by atoms with van der Waals surface area (Å²) in [6.45, 7) is 0. The van der Waals surface area contributed by atoms with E-state index < -0.39 is 12.1 Å². The molecule has 2 fully saturated rings. The van der Waals surface area contributed by atoms with E-state index in [-0.39, 0.29) is 12.1 Å². The van der Waals surface area contributed by atoms with Crippen LogP contribution in [0.15, 0.2) is 0 Å². The summed E-state index contributed by atoms with van der Waals surface area (Å²) in [6, 6.07) is -0.133. The maximum Gasteiger partial charge on any atom is 0.393 e. The lowest BCUT2D eigenvalue weighted by molar-refractivity contribution is -0.178. The molecule has 1 N–H and O–H groups in total. The minimum absolute atomic E-state index is 0.145. The third kappa shape index (κ3) is 1.13. The second-order valence-corrected chi connectivity index (χ2v) is 3.43. The minimum Gasteiger partial charge on any atom is -0.311 e. The molecular weight excluding hydrogens is 155 g/mol. The summed E-state index contributed by atoms with van der Waals surface area (Å²) in [4.78, 5) is 0. The van der Waals surface area contributed by atoms with E-state index in [4.69, 9.17) is 0 Å². The summed E-state index contributed by atoms with van der Waals surface area (Å²) in [6.07, 6.45) is -2.05. The first kappa shape index (κ1) is 7.40. The van der Waals surface area contributed by atoms with Crippen LogP contribution in [0.25, 0.3) is 0 Å². The van der Waals surface area contributed by atoms with Gasteiger partial charge in [0.15, 0.2) is 0 Å². The zero-order valence-corrected chi connectivity index (χ0v) is 5.99. The highest BCUT2D eigenvalue weighted by atomic mass is 19.4. The van der Waals surface area contributed by atoms with Gasteiger partial charge in [-0.1, -0.05) is 0 Å². The van der Waals surface area contributed by atoms with Crippen LogP contribution in [-0.4, -0.2) is 18.3 Å². The summed E-state index contributed by atoms with van der Waals surface area (Å²) in [7, 11) is 0. The van der Waals surface area contributed by atoms with Crippen LogP contribution in [0.1, 0.15) is 19.3 Å². The van der Waals surface area contributed by atoms with Crippen LogP contribution in [0.3, 0.4) is 0 Å². The van der Waals surface area contributed by atoms with Crippen molar-refractivity contribution >= 4 is 0 Å². The molecule has 64 valence electrons. The van der Waals surface area contributed by atoms with Gasteiger partial charge >= 0.3 is 6.18 Å². The predicted octanol–water partition coefficient (Wildman–Crippen LogP) is 1.69. The standard InChI is InChI=1S/C7H10F3N/c8-7(9,10)5-3-4-1-2-6(5)11-4/h4-6,11H,1-3H2. The van der Waals surface area contributed by atoms with Gasteiger partial charge in [0.2, 0.25) is 0 Å². The van der Waals surface area contributed by atoms with Crippen LogP contribution < -0.4 is 5.32 Å². The molecule has 0 aromatic rings. The van der Waals surface area contributed by atoms with Gasteiger partial charge in [0.1, 0.15) is 0 Å². The third-order valence-electron chi connectivity index (χ3n) is 2.72. The quantitative estimate of drug-likeness (QED) is 0.576. The summed E-state index contributed by atoms with van der Waals surface area (Å²) in [5.74, 6) is -1.07. The Morgan fingerprint density at radius 1 is 1.18 bits per heavy atom. The molecule has 0 aromatic heterocycles. The van der Waals surface area contributed by atoms with Gasteiger partial charge in [-0.05, 0) is 19.3 Å². The van der Waals surface area contributed by atoms with Gasteiger partial charge in [-0.3, -0.25) is 0 Å². The van der Waals surface area contributed by atoms with Crippen molar-refractivity contribution in [3.05, 3.63) is 0 Å². The van der Waals surface area contributed by atoms with Gasteiger partial charge in [0, 0.05) is 12.1 Å². The number of hydrogen-bond acceptors (Lipinski definition) is 1. The van der Waals surface area contributed by atoms with E-state index in [0.717, 1.165) is 6.42 Å². The van der Waals surface area contributed by atoms with Crippen LogP contribution in [0.5, 0.6) is 0 Å². The van der Waals surface area contributed by atoms with Crippen molar-refractivity contribution in [3.63, 3.8) is 0 Å². The number of fused-ring (bicyclic) bond motifs is 2. The summed E-state index contributed by atoms with van der Waals surface area (Å²) < 4.78 is 36.5. The van der Waals surface area contributed by atoms with Gasteiger partial charge in [-0.2, -0.15) is 13.2 Å². The van der Waals surface area contributed by atoms with Crippen LogP contribution in [0, 0.1) is 5.92 Å². The average Bonchev–Trinajstić information content (AvgIpc) is 2.42. The fourth-order valence-electron chi connectivity index (χ4n) is 2.19. The Hall–Kier alpha value is -0.250. The zero-order chi connectivity index (χ0) is 8.06. The molecule has 2 heterocycles. The number of halogens is 3. The molecule has 0 spiro atoms. The van der Waals surface area contributed by atoms with Crippen molar-refractivity contribution in [2.45, 2.75) is 37.5 Å². The number of nitrogens with one attached hydrogen (secondary N) is 1. The van der Waals surface area contributed by atoms with E-state index in [1.165, 1.54) is 0 Å². The highest BCUT2D eigenvalue weighted by Gasteiger charge is 2.52. The highest BCUT2D eigenvalue weighted by molar-refractivity contribution is 4.99. The van der Waals surface area contributed by atoms with Crippen molar-refractivity contribution in [1.29, 1.82) is 0 Å². The van der Waals surface area contributed by atoms with Gasteiger partial charge in [0.05, 0.1) is 5.92 Å². The topological polar surface area (TPSA) is 12.0 Å². The van der Waals surface area contributed by atoms with E-state index in [2.05, 4.69) is 5.32 Å². The Balaban J connectivity index is 2.08. The maximum atomic E-state index is 12.2. The van der Waals surface area contributed by atoms with Gasteiger partial charge in [-0.25, -0.2) is 0 Å². The molecular formula is C7H10F3N. The molecule has 0 aliphatic carbocycles. The van der Waals surface area contributed by atoms with Crippen LogP contribution >= 0.6 is 0 Å². The first-order valence-corrected chi connectivity index (χ1v) is 3.90. The van der Waals surface area contributed by atoms with E-state index in [1.807, 2.05) is 0 Å². The second kappa shape index (κ2) is 2.12. The molecule has 2 bridgehead atoms. The molecule has 2 saturated heterocycles. The van der Waals surface area contributed by atoms with E-state index >= 15 is 0 Å². The first-order valence-electron chi connectivity index (χ1n) is 3.90. The Kier molecular flexibility index (Phi) is 1.43. The van der Waals surface area contributed by atoms with Crippen molar-refractivity contribution in [1.82, 2.24) is 5.32 Å². The van der Waals surface area contributed by atoms with E-state index in [0.29, 0.717) is 12.8 Å². The normalized spacial score (nSPS) is 43.4. The predicted molar refractivity (Wildman–Crippen MR) is 34.1 cm³/mol. The smallest absolute Gasteiger partial charge is 0.311 e. The molecule has 3 atom stereocenters. The molecule has 2 aliphatic rings. The number of hydrogen-bond donors (Lipinski definition) is 1. The number of alkyl halides is 3. The molecule has 0 aromatic carbocycles. The second-order valence-electron chi connectivity index (χ2n) is 3.43. The van der Waals surface area contributed by atoms with Crippen LogP contribution in [0.2, 0.25) is 0 Å². The molecule has 0 amide bonds. The fourth-order valence-corrected chi connectivity index (χ4v) is 2.19. The lowest BCUT2D eigenvalue weighted by atomic mass is 9.89. The van der Waals surface area contributed by atoms with Gasteiger partial charge in [-0.15, -0.1) is 0 Å². The molecule has 3 unspecified atom stereocenters. The molecule has 1 nitrogen and oxygen atoms in total. The molecule has 4 heteroatoms. The zero-order valence-electron chi connectivity index (χ0n) is 5.99.